The number of rotatable bonds is 12. The fraction of sp³-hybridized carbons (Fsp3) is 0.333. The minimum Gasteiger partial charge on any atom is -0.355 e. The lowest BCUT2D eigenvalue weighted by Crippen LogP contribution is -2.41. The summed E-state index contributed by atoms with van der Waals surface area (Å²) in [4.78, 5) is 52.8. The van der Waals surface area contributed by atoms with Crippen LogP contribution in [0.1, 0.15) is 45.1 Å². The number of carbonyl (C=O) groups excluding carboxylic acids is 1. The topological polar surface area (TPSA) is 153 Å². The maximum atomic E-state index is 14.8. The Balaban J connectivity index is 1.59. The average molecular weight is 704 g/mol. The van der Waals surface area contributed by atoms with Gasteiger partial charge in [0.25, 0.3) is 11.1 Å². The highest BCUT2D eigenvalue weighted by molar-refractivity contribution is 9.10. The summed E-state index contributed by atoms with van der Waals surface area (Å²) in [5.74, 6) is -1.23. The summed E-state index contributed by atoms with van der Waals surface area (Å²) in [6.07, 6.45) is 3.07. The summed E-state index contributed by atoms with van der Waals surface area (Å²) in [5.41, 5.74) is -1.61. The first-order chi connectivity index (χ1) is 21.4. The Kier molecular flexibility index (Phi) is 9.30. The van der Waals surface area contributed by atoms with Crippen LogP contribution in [-0.4, -0.2) is 40.3 Å². The lowest BCUT2D eigenvalue weighted by molar-refractivity contribution is -0.121. The molecule has 1 saturated carbocycles. The normalized spacial score (nSPS) is 13.2. The highest BCUT2D eigenvalue weighted by Crippen LogP contribution is 2.34. The summed E-state index contributed by atoms with van der Waals surface area (Å²) in [7, 11) is -2.49. The monoisotopic (exact) mass is 702 g/mol. The lowest BCUT2D eigenvalue weighted by atomic mass is 10.2. The van der Waals surface area contributed by atoms with Crippen LogP contribution >= 0.6 is 15.9 Å². The SMILES string of the molecule is CCCCC(=O)NCCS(=O)(=O)Nc1cccc(-n2c(=O)n(C3CC3)c(=O)c3c(Nc4ccc(Br)cc4F)cc(=O)n(C)c32)c1. The van der Waals surface area contributed by atoms with Crippen molar-refractivity contribution in [2.24, 2.45) is 7.05 Å². The van der Waals surface area contributed by atoms with E-state index in [9.17, 15) is 32.0 Å². The Morgan fingerprint density at radius 3 is 2.51 bits per heavy atom. The number of aromatic nitrogens is 3. The van der Waals surface area contributed by atoms with Crippen molar-refractivity contribution in [3.63, 3.8) is 0 Å². The summed E-state index contributed by atoms with van der Waals surface area (Å²) in [6.45, 7) is 1.87. The Hall–Kier alpha value is -4.24. The molecule has 5 rings (SSSR count). The van der Waals surface area contributed by atoms with Crippen LogP contribution in [0.25, 0.3) is 16.7 Å². The number of hydrogen-bond acceptors (Lipinski definition) is 7. The average Bonchev–Trinajstić information content (AvgIpc) is 3.81. The van der Waals surface area contributed by atoms with Crippen molar-refractivity contribution in [3.05, 3.63) is 90.0 Å². The molecule has 45 heavy (non-hydrogen) atoms. The zero-order chi connectivity index (χ0) is 32.5. The number of sulfonamides is 1. The van der Waals surface area contributed by atoms with Crippen LogP contribution in [0.5, 0.6) is 0 Å². The molecule has 0 spiro atoms. The molecule has 1 aliphatic rings. The van der Waals surface area contributed by atoms with E-state index < -0.39 is 32.6 Å². The van der Waals surface area contributed by atoms with E-state index in [0.717, 1.165) is 15.6 Å². The first-order valence-corrected chi connectivity index (χ1v) is 16.9. The summed E-state index contributed by atoms with van der Waals surface area (Å²) >= 11 is 3.21. The second-order valence-electron chi connectivity index (χ2n) is 10.9. The Morgan fingerprint density at radius 2 is 1.82 bits per heavy atom. The van der Waals surface area contributed by atoms with Gasteiger partial charge in [0.2, 0.25) is 15.9 Å². The zero-order valence-corrected chi connectivity index (χ0v) is 27.0. The van der Waals surface area contributed by atoms with Crippen molar-refractivity contribution in [2.45, 2.75) is 45.1 Å². The molecule has 4 aromatic rings. The molecule has 1 amide bonds. The lowest BCUT2D eigenvalue weighted by Gasteiger charge is -2.19. The van der Waals surface area contributed by atoms with Crippen molar-refractivity contribution < 1.29 is 17.6 Å². The van der Waals surface area contributed by atoms with E-state index in [0.29, 0.717) is 30.2 Å². The van der Waals surface area contributed by atoms with Crippen molar-refractivity contribution in [1.29, 1.82) is 0 Å². The van der Waals surface area contributed by atoms with Crippen LogP contribution in [0.3, 0.4) is 0 Å². The van der Waals surface area contributed by atoms with E-state index in [1.807, 2.05) is 6.92 Å². The molecule has 0 radical (unpaired) electrons. The molecular weight excluding hydrogens is 671 g/mol. The standard InChI is InChI=1S/C30H32BrFN6O6S/c1-3-4-8-25(39)33-13-14-45(43,44)35-19-6-5-7-21(16-19)37-28-27(29(41)38(30(37)42)20-10-11-20)24(17-26(40)36(28)2)34-23-12-9-18(31)15-22(23)32/h5-7,9,12,15-17,20,34-35H,3-4,8,10-11,13-14H2,1-2H3,(H,33,39). The first-order valence-electron chi connectivity index (χ1n) is 14.4. The molecule has 0 bridgehead atoms. The van der Waals surface area contributed by atoms with E-state index >= 15 is 0 Å². The number of carbonyl (C=O) groups is 1. The third-order valence-corrected chi connectivity index (χ3v) is 9.17. The highest BCUT2D eigenvalue weighted by atomic mass is 79.9. The second kappa shape index (κ2) is 13.0. The van der Waals surface area contributed by atoms with E-state index in [1.54, 1.807) is 12.1 Å². The third-order valence-electron chi connectivity index (χ3n) is 7.39. The number of hydrogen-bond donors (Lipinski definition) is 3. The van der Waals surface area contributed by atoms with Gasteiger partial charge in [-0.05, 0) is 55.7 Å². The van der Waals surface area contributed by atoms with Gasteiger partial charge in [-0.1, -0.05) is 35.3 Å². The molecule has 15 heteroatoms. The molecule has 0 aliphatic heterocycles. The summed E-state index contributed by atoms with van der Waals surface area (Å²) in [6, 6.07) is 11.1. The van der Waals surface area contributed by atoms with Crippen molar-refractivity contribution in [1.82, 2.24) is 19.0 Å². The van der Waals surface area contributed by atoms with Gasteiger partial charge in [-0.2, -0.15) is 0 Å². The number of aryl methyl sites for hydroxylation is 1. The minimum atomic E-state index is -3.90. The quantitative estimate of drug-likeness (QED) is 0.203. The van der Waals surface area contributed by atoms with Gasteiger partial charge in [-0.3, -0.25) is 28.2 Å². The number of fused-ring (bicyclic) bond motifs is 1. The predicted molar refractivity (Wildman–Crippen MR) is 175 cm³/mol. The van der Waals surface area contributed by atoms with Gasteiger partial charge >= 0.3 is 5.69 Å². The van der Waals surface area contributed by atoms with Gasteiger partial charge in [0.05, 0.1) is 28.5 Å². The number of nitrogens with zero attached hydrogens (tertiary/aromatic N) is 3. The van der Waals surface area contributed by atoms with Crippen molar-refractivity contribution in [2.75, 3.05) is 22.3 Å². The zero-order valence-electron chi connectivity index (χ0n) is 24.6. The smallest absolute Gasteiger partial charge is 0.337 e. The Morgan fingerprint density at radius 1 is 1.07 bits per heavy atom. The summed E-state index contributed by atoms with van der Waals surface area (Å²) < 4.78 is 46.9. The first kappa shape index (κ1) is 32.2. The molecule has 1 fully saturated rings. The highest BCUT2D eigenvalue weighted by Gasteiger charge is 2.31. The minimum absolute atomic E-state index is 0.0142. The molecule has 2 aromatic carbocycles. The van der Waals surface area contributed by atoms with E-state index in [-0.39, 0.29) is 58.0 Å². The number of pyridine rings is 1. The summed E-state index contributed by atoms with van der Waals surface area (Å²) in [5, 5.41) is 5.43. The van der Waals surface area contributed by atoms with Crippen LogP contribution in [0.4, 0.5) is 21.5 Å². The van der Waals surface area contributed by atoms with Gasteiger partial charge in [-0.25, -0.2) is 22.2 Å². The van der Waals surface area contributed by atoms with E-state index in [2.05, 4.69) is 31.3 Å². The number of anilines is 3. The third kappa shape index (κ3) is 7.04. The van der Waals surface area contributed by atoms with Crippen LogP contribution in [0, 0.1) is 5.82 Å². The number of benzene rings is 2. The fourth-order valence-electron chi connectivity index (χ4n) is 4.97. The molecule has 2 aromatic heterocycles. The van der Waals surface area contributed by atoms with Gasteiger partial charge in [0.15, 0.2) is 0 Å². The predicted octanol–water partition coefficient (Wildman–Crippen LogP) is 3.88. The molecule has 3 N–H and O–H groups in total. The molecule has 1 aliphatic carbocycles. The molecule has 0 saturated heterocycles. The van der Waals surface area contributed by atoms with Crippen molar-refractivity contribution >= 4 is 60.0 Å². The van der Waals surface area contributed by atoms with Crippen LogP contribution in [-0.2, 0) is 21.9 Å². The molecule has 12 nitrogen and oxygen atoms in total. The number of amides is 1. The molecule has 0 atom stereocenters. The van der Waals surface area contributed by atoms with E-state index in [1.165, 1.54) is 48.0 Å². The van der Waals surface area contributed by atoms with Gasteiger partial charge in [-0.15, -0.1) is 0 Å². The van der Waals surface area contributed by atoms with Gasteiger partial charge in [0, 0.05) is 36.6 Å². The fourth-order valence-corrected chi connectivity index (χ4v) is 6.27. The second-order valence-corrected chi connectivity index (χ2v) is 13.6. The molecule has 2 heterocycles. The van der Waals surface area contributed by atoms with Gasteiger partial charge in [0.1, 0.15) is 16.9 Å². The van der Waals surface area contributed by atoms with Crippen LogP contribution in [0.2, 0.25) is 0 Å². The van der Waals surface area contributed by atoms with E-state index in [4.69, 9.17) is 0 Å². The molecule has 0 unspecified atom stereocenters. The van der Waals surface area contributed by atoms with Crippen LogP contribution < -0.4 is 32.2 Å². The molecular formula is C30H32BrFN6O6S. The maximum absolute atomic E-state index is 14.8. The Bertz CT molecular complexity index is 2090. The maximum Gasteiger partial charge on any atom is 0.337 e. The number of unbranched alkanes of at least 4 members (excludes halogenated alkanes) is 1. The Labute approximate surface area is 266 Å². The molecule has 238 valence electrons. The van der Waals surface area contributed by atoms with Crippen molar-refractivity contribution in [3.8, 4) is 5.69 Å². The largest absolute Gasteiger partial charge is 0.355 e. The van der Waals surface area contributed by atoms with Gasteiger partial charge < -0.3 is 10.6 Å². The van der Waals surface area contributed by atoms with Crippen LogP contribution in [0.15, 0.2) is 67.4 Å². The number of nitrogens with one attached hydrogen (secondary N) is 3. The number of halogens is 2.